The van der Waals surface area contributed by atoms with Crippen LogP contribution in [0, 0.1) is 23.2 Å². The highest BCUT2D eigenvalue weighted by atomic mass is 16.5. The molecule has 178 valence electrons. The van der Waals surface area contributed by atoms with Crippen LogP contribution in [-0.2, 0) is 14.3 Å². The molecule has 2 aromatic rings. The molecule has 1 saturated heterocycles. The number of rotatable bonds is 5. The number of anilines is 2. The van der Waals surface area contributed by atoms with Crippen LogP contribution in [-0.4, -0.2) is 53.8 Å². The number of aromatic amines is 1. The molecule has 3 N–H and O–H groups in total. The fourth-order valence-electron chi connectivity index (χ4n) is 4.53. The number of phenols is 1. The number of hydrogen-bond donors (Lipinski definition) is 3. The Morgan fingerprint density at radius 2 is 2.06 bits per heavy atom. The monoisotopic (exact) mass is 467 g/mol. The summed E-state index contributed by atoms with van der Waals surface area (Å²) in [6, 6.07) is 6.63. The van der Waals surface area contributed by atoms with Crippen molar-refractivity contribution in [2.45, 2.75) is 25.7 Å². The van der Waals surface area contributed by atoms with Crippen molar-refractivity contribution in [3.05, 3.63) is 39.7 Å². The highest BCUT2D eigenvalue weighted by Gasteiger charge is 2.42. The highest BCUT2D eigenvalue weighted by molar-refractivity contribution is 5.98. The third-order valence-corrected chi connectivity index (χ3v) is 6.25. The molecule has 0 aliphatic carbocycles. The smallest absolute Gasteiger partial charge is 0.309 e. The number of nitrogens with zero attached hydrogens (tertiary/aromatic N) is 3. The summed E-state index contributed by atoms with van der Waals surface area (Å²) in [7, 11) is 1.38. The number of amides is 1. The minimum Gasteiger partial charge on any atom is -0.504 e. The Hall–Kier alpha value is -4.07. The minimum absolute atomic E-state index is 0.0370. The summed E-state index contributed by atoms with van der Waals surface area (Å²) in [5.41, 5.74) is -0.225. The summed E-state index contributed by atoms with van der Waals surface area (Å²) in [6.45, 7) is 3.03. The first-order valence-electron chi connectivity index (χ1n) is 11.0. The van der Waals surface area contributed by atoms with E-state index in [1.54, 1.807) is 19.1 Å². The Morgan fingerprint density at radius 1 is 1.32 bits per heavy atom. The fraction of sp³-hybridized carbons (Fsp3) is 0.435. The van der Waals surface area contributed by atoms with E-state index in [0.717, 1.165) is 0 Å². The van der Waals surface area contributed by atoms with Gasteiger partial charge in [-0.05, 0) is 25.8 Å². The fourth-order valence-corrected chi connectivity index (χ4v) is 4.53. The van der Waals surface area contributed by atoms with Crippen LogP contribution in [0.3, 0.4) is 0 Å². The van der Waals surface area contributed by atoms with Gasteiger partial charge in [0.1, 0.15) is 11.7 Å². The number of nitriles is 1. The van der Waals surface area contributed by atoms with E-state index in [9.17, 15) is 24.8 Å². The zero-order chi connectivity index (χ0) is 24.4. The Morgan fingerprint density at radius 3 is 2.71 bits per heavy atom. The summed E-state index contributed by atoms with van der Waals surface area (Å²) in [4.78, 5) is 47.0. The van der Waals surface area contributed by atoms with Crippen molar-refractivity contribution < 1.29 is 24.2 Å². The summed E-state index contributed by atoms with van der Waals surface area (Å²) >= 11 is 0. The molecule has 2 aliphatic heterocycles. The quantitative estimate of drug-likeness (QED) is 0.554. The number of ether oxygens (including phenoxy) is 2. The first-order valence-corrected chi connectivity index (χ1v) is 11.0. The lowest BCUT2D eigenvalue weighted by Gasteiger charge is -2.33. The van der Waals surface area contributed by atoms with Crippen LogP contribution in [0.25, 0.3) is 0 Å². The Kier molecular flexibility index (Phi) is 6.40. The first kappa shape index (κ1) is 23.1. The molecule has 0 spiro atoms. The van der Waals surface area contributed by atoms with Crippen molar-refractivity contribution in [3.63, 3.8) is 0 Å². The Balaban J connectivity index is 1.70. The van der Waals surface area contributed by atoms with Crippen LogP contribution in [0.1, 0.15) is 36.8 Å². The molecule has 1 amide bonds. The van der Waals surface area contributed by atoms with Crippen LogP contribution in [0.4, 0.5) is 11.8 Å². The number of hydrogen-bond acceptors (Lipinski definition) is 9. The number of fused-ring (bicyclic) bond motifs is 1. The van der Waals surface area contributed by atoms with E-state index in [2.05, 4.69) is 15.3 Å². The van der Waals surface area contributed by atoms with Gasteiger partial charge in [-0.1, -0.05) is 12.1 Å². The number of carbonyl (C=O) groups is 2. The van der Waals surface area contributed by atoms with Crippen LogP contribution in [0.15, 0.2) is 23.0 Å². The maximum atomic E-state index is 13.2. The number of para-hydroxylation sites is 1. The van der Waals surface area contributed by atoms with E-state index in [1.165, 1.54) is 13.2 Å². The van der Waals surface area contributed by atoms with Gasteiger partial charge in [0.05, 0.1) is 31.3 Å². The Labute approximate surface area is 195 Å². The van der Waals surface area contributed by atoms with E-state index >= 15 is 0 Å². The van der Waals surface area contributed by atoms with E-state index < -0.39 is 23.3 Å². The number of H-pyrrole nitrogens is 1. The number of nitrogens with one attached hydrogen (secondary N) is 2. The lowest BCUT2D eigenvalue weighted by Crippen LogP contribution is -2.41. The number of carbonyl (C=O) groups excluding carboxylic acids is 2. The van der Waals surface area contributed by atoms with Gasteiger partial charge in [0.15, 0.2) is 11.5 Å². The number of aromatic nitrogens is 2. The minimum atomic E-state index is -1.25. The van der Waals surface area contributed by atoms with Gasteiger partial charge in [-0.2, -0.15) is 10.2 Å². The third kappa shape index (κ3) is 4.03. The maximum Gasteiger partial charge on any atom is 0.309 e. The molecule has 1 fully saturated rings. The van der Waals surface area contributed by atoms with Crippen LogP contribution in [0.5, 0.6) is 11.5 Å². The van der Waals surface area contributed by atoms with Gasteiger partial charge in [-0.3, -0.25) is 19.4 Å². The van der Waals surface area contributed by atoms with Gasteiger partial charge >= 0.3 is 5.97 Å². The van der Waals surface area contributed by atoms with Crippen LogP contribution in [0.2, 0.25) is 0 Å². The predicted octanol–water partition coefficient (Wildman–Crippen LogP) is 1.49. The second-order valence-corrected chi connectivity index (χ2v) is 8.14. The molecule has 4 rings (SSSR count). The second-order valence-electron chi connectivity index (χ2n) is 8.14. The lowest BCUT2D eigenvalue weighted by molar-refractivity contribution is -0.148. The highest BCUT2D eigenvalue weighted by Crippen LogP contribution is 2.44. The largest absolute Gasteiger partial charge is 0.504 e. The molecule has 2 unspecified atom stereocenters. The molecule has 3 heterocycles. The van der Waals surface area contributed by atoms with Crippen LogP contribution < -0.4 is 20.5 Å². The molecule has 34 heavy (non-hydrogen) atoms. The molecular weight excluding hydrogens is 442 g/mol. The normalized spacial score (nSPS) is 20.1. The molecular formula is C23H25N5O6. The molecule has 2 aliphatic rings. The summed E-state index contributed by atoms with van der Waals surface area (Å²) < 4.78 is 10.2. The van der Waals surface area contributed by atoms with Crippen molar-refractivity contribution in [2.75, 3.05) is 37.0 Å². The van der Waals surface area contributed by atoms with Crippen molar-refractivity contribution in [1.82, 2.24) is 9.97 Å². The number of esters is 1. The van der Waals surface area contributed by atoms with Crippen molar-refractivity contribution in [3.8, 4) is 17.6 Å². The first-order chi connectivity index (χ1) is 16.4. The molecule has 1 aromatic carbocycles. The van der Waals surface area contributed by atoms with E-state index in [4.69, 9.17) is 9.47 Å². The SMILES string of the molecule is CCOC(=O)C1CCN(c2nc3c(c(=O)[nH]2)C(c2cccc(OC)c2O)C(C#N)C(=O)N3)CC1. The average Bonchev–Trinajstić information content (AvgIpc) is 2.83. The zero-order valence-electron chi connectivity index (χ0n) is 18.8. The topological polar surface area (TPSA) is 158 Å². The van der Waals surface area contributed by atoms with Gasteiger partial charge in [-0.25, -0.2) is 0 Å². The van der Waals surface area contributed by atoms with Crippen molar-refractivity contribution >= 4 is 23.6 Å². The molecule has 0 bridgehead atoms. The molecule has 0 radical (unpaired) electrons. The second kappa shape index (κ2) is 9.43. The van der Waals surface area contributed by atoms with E-state index in [1.807, 2.05) is 11.0 Å². The maximum absolute atomic E-state index is 13.2. The van der Waals surface area contributed by atoms with E-state index in [0.29, 0.717) is 32.5 Å². The van der Waals surface area contributed by atoms with Crippen molar-refractivity contribution in [2.24, 2.45) is 11.8 Å². The van der Waals surface area contributed by atoms with Gasteiger partial charge < -0.3 is 24.8 Å². The molecule has 11 nitrogen and oxygen atoms in total. The van der Waals surface area contributed by atoms with Crippen molar-refractivity contribution in [1.29, 1.82) is 5.26 Å². The van der Waals surface area contributed by atoms with Gasteiger partial charge in [-0.15, -0.1) is 0 Å². The zero-order valence-corrected chi connectivity index (χ0v) is 18.8. The van der Waals surface area contributed by atoms with Gasteiger partial charge in [0.25, 0.3) is 5.56 Å². The van der Waals surface area contributed by atoms with Gasteiger partial charge in [0.2, 0.25) is 11.9 Å². The molecule has 1 aromatic heterocycles. The summed E-state index contributed by atoms with van der Waals surface area (Å²) in [5, 5.41) is 22.9. The Bertz CT molecular complexity index is 1210. The predicted molar refractivity (Wildman–Crippen MR) is 121 cm³/mol. The summed E-state index contributed by atoms with van der Waals surface area (Å²) in [5.74, 6) is -3.14. The molecule has 2 atom stereocenters. The summed E-state index contributed by atoms with van der Waals surface area (Å²) in [6.07, 6.45) is 1.09. The number of phenolic OH excluding ortho intramolecular Hbond substituents is 1. The average molecular weight is 467 g/mol. The number of benzene rings is 1. The molecule has 0 saturated carbocycles. The lowest BCUT2D eigenvalue weighted by atomic mass is 9.78. The number of aromatic hydroxyl groups is 1. The number of methoxy groups -OCH3 is 1. The number of piperidine rings is 1. The molecule has 11 heteroatoms. The van der Waals surface area contributed by atoms with Crippen LogP contribution >= 0.6 is 0 Å². The third-order valence-electron chi connectivity index (χ3n) is 6.25. The van der Waals surface area contributed by atoms with E-state index in [-0.39, 0.29) is 46.3 Å². The standard InChI is InChI=1S/C23H25N5O6/c1-3-34-22(32)12-7-9-28(10-8-12)23-26-19-17(21(31)27-23)16(14(11-24)20(30)25-19)13-5-4-6-15(33-2)18(13)29/h4-6,12,14,16,29H,3,7-10H2,1-2H3,(H2,25,26,27,30,31). The van der Waals surface area contributed by atoms with Gasteiger partial charge in [0, 0.05) is 24.6 Å².